The van der Waals surface area contributed by atoms with Crippen LogP contribution in [0.2, 0.25) is 0 Å². The summed E-state index contributed by atoms with van der Waals surface area (Å²) in [6.07, 6.45) is 3.84. The Morgan fingerprint density at radius 3 is 2.70 bits per heavy atom. The Morgan fingerprint density at radius 2 is 1.97 bits per heavy atom. The average molecular weight is 401 g/mol. The number of rotatable bonds is 5. The third kappa shape index (κ3) is 3.64. The molecule has 0 unspecified atom stereocenters. The first-order valence-corrected chi connectivity index (χ1v) is 9.86. The van der Waals surface area contributed by atoms with Crippen molar-refractivity contribution in [3.63, 3.8) is 0 Å². The van der Waals surface area contributed by atoms with Gasteiger partial charge in [0.05, 0.1) is 12.8 Å². The lowest BCUT2D eigenvalue weighted by molar-refractivity contribution is 0.0521. The summed E-state index contributed by atoms with van der Waals surface area (Å²) in [6.45, 7) is 6.11. The Kier molecular flexibility index (Phi) is 5.23. The van der Waals surface area contributed by atoms with Gasteiger partial charge in [0.1, 0.15) is 5.56 Å². The van der Waals surface area contributed by atoms with Gasteiger partial charge in [-0.25, -0.2) is 9.78 Å². The molecule has 0 fully saturated rings. The molecule has 1 N–H and O–H groups in total. The van der Waals surface area contributed by atoms with Crippen LogP contribution in [-0.4, -0.2) is 32.3 Å². The summed E-state index contributed by atoms with van der Waals surface area (Å²) in [5.41, 5.74) is 7.15. The van der Waals surface area contributed by atoms with Gasteiger partial charge >= 0.3 is 5.97 Å². The minimum Gasteiger partial charge on any atom is -0.493 e. The van der Waals surface area contributed by atoms with E-state index in [9.17, 15) is 9.90 Å². The number of carbonyl (C=O) groups excluding carboxylic acids is 1. The molecule has 0 radical (unpaired) electrons. The van der Waals surface area contributed by atoms with Crippen LogP contribution in [0.25, 0.3) is 16.8 Å². The largest absolute Gasteiger partial charge is 0.493 e. The summed E-state index contributed by atoms with van der Waals surface area (Å²) in [5.74, 6) is -0.907. The summed E-state index contributed by atoms with van der Waals surface area (Å²) in [5, 5.41) is 14.7. The van der Waals surface area contributed by atoms with Gasteiger partial charge in [0, 0.05) is 11.8 Å². The van der Waals surface area contributed by atoms with Crippen molar-refractivity contribution in [3.05, 3.63) is 82.7 Å². The molecule has 0 saturated carbocycles. The van der Waals surface area contributed by atoms with Crippen LogP contribution in [0, 0.1) is 13.8 Å². The van der Waals surface area contributed by atoms with Gasteiger partial charge < -0.3 is 9.84 Å². The van der Waals surface area contributed by atoms with Gasteiger partial charge in [0.2, 0.25) is 5.88 Å². The maximum atomic E-state index is 12.0. The second-order valence-electron chi connectivity index (χ2n) is 7.32. The molecule has 0 aliphatic rings. The van der Waals surface area contributed by atoms with Crippen molar-refractivity contribution in [1.82, 2.24) is 14.6 Å². The van der Waals surface area contributed by atoms with E-state index in [1.807, 2.05) is 6.07 Å². The number of aromatic nitrogens is 3. The molecule has 0 spiro atoms. The van der Waals surface area contributed by atoms with E-state index < -0.39 is 5.97 Å². The van der Waals surface area contributed by atoms with Gasteiger partial charge in [-0.1, -0.05) is 48.0 Å². The third-order valence-corrected chi connectivity index (χ3v) is 5.13. The number of hydrogen-bond donors (Lipinski definition) is 1. The lowest BCUT2D eigenvalue weighted by Gasteiger charge is -2.09. The maximum absolute atomic E-state index is 12.0. The maximum Gasteiger partial charge on any atom is 0.345 e. The predicted molar refractivity (Wildman–Crippen MR) is 115 cm³/mol. The van der Waals surface area contributed by atoms with Crippen LogP contribution in [0.4, 0.5) is 0 Å². The molecule has 30 heavy (non-hydrogen) atoms. The van der Waals surface area contributed by atoms with E-state index in [1.54, 1.807) is 13.1 Å². The Bertz CT molecular complexity index is 1240. The minimum atomic E-state index is -0.627. The highest BCUT2D eigenvalue weighted by Gasteiger charge is 2.19. The molecule has 0 amide bonds. The second-order valence-corrected chi connectivity index (χ2v) is 7.32. The first kappa shape index (κ1) is 19.6. The molecule has 2 aromatic carbocycles. The molecule has 0 atom stereocenters. The minimum absolute atomic E-state index is 0.0105. The van der Waals surface area contributed by atoms with Crippen molar-refractivity contribution in [3.8, 4) is 17.0 Å². The van der Waals surface area contributed by atoms with Gasteiger partial charge in [0.25, 0.3) is 0 Å². The average Bonchev–Trinajstić information content (AvgIpc) is 3.15. The molecule has 4 aromatic rings. The van der Waals surface area contributed by atoms with Crippen molar-refractivity contribution >= 4 is 11.6 Å². The van der Waals surface area contributed by atoms with E-state index >= 15 is 0 Å². The monoisotopic (exact) mass is 401 g/mol. The molecule has 0 saturated heterocycles. The lowest BCUT2D eigenvalue weighted by atomic mass is 9.96. The highest BCUT2D eigenvalue weighted by Crippen LogP contribution is 2.29. The normalized spacial score (nSPS) is 11.0. The highest BCUT2D eigenvalue weighted by atomic mass is 16.5. The van der Waals surface area contributed by atoms with Crippen LogP contribution < -0.4 is 0 Å². The molecular weight excluding hydrogens is 378 g/mol. The number of aryl methyl sites for hydroxylation is 2. The molecule has 6 heteroatoms. The first-order chi connectivity index (χ1) is 14.5. The molecule has 6 nitrogen and oxygen atoms in total. The Hall–Kier alpha value is -3.67. The third-order valence-electron chi connectivity index (χ3n) is 5.13. The summed E-state index contributed by atoms with van der Waals surface area (Å²) in [7, 11) is 0. The van der Waals surface area contributed by atoms with E-state index in [4.69, 9.17) is 4.74 Å². The number of ether oxygens (including phenoxy) is 1. The number of esters is 1. The molecule has 152 valence electrons. The Balaban J connectivity index is 1.68. The molecule has 4 rings (SSSR count). The van der Waals surface area contributed by atoms with Gasteiger partial charge in [-0.15, -0.1) is 0 Å². The Morgan fingerprint density at radius 1 is 1.13 bits per heavy atom. The quantitative estimate of drug-likeness (QED) is 0.499. The zero-order valence-electron chi connectivity index (χ0n) is 17.2. The van der Waals surface area contributed by atoms with Crippen molar-refractivity contribution in [2.75, 3.05) is 6.61 Å². The van der Waals surface area contributed by atoms with E-state index in [1.165, 1.54) is 33.0 Å². The second kappa shape index (κ2) is 7.99. The van der Waals surface area contributed by atoms with Crippen LogP contribution >= 0.6 is 0 Å². The fraction of sp³-hybridized carbons (Fsp3) is 0.208. The summed E-state index contributed by atoms with van der Waals surface area (Å²) in [6, 6.07) is 14.8. The standard InChI is InChI=1S/C24H23N3O3/c1-4-30-24(29)21-13-25-22-20(14-26-27(22)23(21)28)19-9-8-18(16(3)11-19)12-17-7-5-6-15(2)10-17/h5-11,13-14,28H,4,12H2,1-3H3. The Labute approximate surface area is 174 Å². The van der Waals surface area contributed by atoms with Crippen molar-refractivity contribution in [2.45, 2.75) is 27.2 Å². The molecule has 2 aromatic heterocycles. The van der Waals surface area contributed by atoms with E-state index in [2.05, 4.69) is 60.3 Å². The van der Waals surface area contributed by atoms with Crippen LogP contribution in [0.1, 0.15) is 39.5 Å². The fourth-order valence-corrected chi connectivity index (χ4v) is 3.58. The fourth-order valence-electron chi connectivity index (χ4n) is 3.58. The lowest BCUT2D eigenvalue weighted by Crippen LogP contribution is -2.08. The zero-order valence-corrected chi connectivity index (χ0v) is 17.2. The number of fused-ring (bicyclic) bond motifs is 1. The van der Waals surface area contributed by atoms with Crippen LogP contribution in [0.3, 0.4) is 0 Å². The van der Waals surface area contributed by atoms with Gasteiger partial charge in [0.15, 0.2) is 5.65 Å². The van der Waals surface area contributed by atoms with Crippen molar-refractivity contribution in [2.24, 2.45) is 0 Å². The zero-order chi connectivity index (χ0) is 21.3. The predicted octanol–water partition coefficient (Wildman–Crippen LogP) is 4.49. The van der Waals surface area contributed by atoms with Crippen LogP contribution in [0.5, 0.6) is 5.88 Å². The molecule has 0 aliphatic heterocycles. The van der Waals surface area contributed by atoms with Crippen molar-refractivity contribution < 1.29 is 14.6 Å². The molecular formula is C24H23N3O3. The summed E-state index contributed by atoms with van der Waals surface area (Å²) < 4.78 is 6.22. The number of hydrogen-bond acceptors (Lipinski definition) is 5. The molecule has 0 aliphatic carbocycles. The smallest absolute Gasteiger partial charge is 0.345 e. The number of aromatic hydroxyl groups is 1. The van der Waals surface area contributed by atoms with Gasteiger partial charge in [-0.3, -0.25) is 0 Å². The number of nitrogens with zero attached hydrogens (tertiary/aromatic N) is 3. The van der Waals surface area contributed by atoms with E-state index in [0.29, 0.717) is 5.65 Å². The summed E-state index contributed by atoms with van der Waals surface area (Å²) >= 11 is 0. The van der Waals surface area contributed by atoms with Gasteiger partial charge in [-0.2, -0.15) is 9.61 Å². The molecule has 2 heterocycles. The molecule has 0 bridgehead atoms. The van der Waals surface area contributed by atoms with E-state index in [0.717, 1.165) is 17.5 Å². The van der Waals surface area contributed by atoms with Gasteiger partial charge in [-0.05, 0) is 49.4 Å². The van der Waals surface area contributed by atoms with Crippen molar-refractivity contribution in [1.29, 1.82) is 0 Å². The topological polar surface area (TPSA) is 76.7 Å². The van der Waals surface area contributed by atoms with Crippen LogP contribution in [-0.2, 0) is 11.2 Å². The SMILES string of the molecule is CCOC(=O)c1cnc2c(-c3ccc(Cc4cccc(C)c4)c(C)c3)cnn2c1O. The van der Waals surface area contributed by atoms with E-state index in [-0.39, 0.29) is 18.1 Å². The van der Waals surface area contributed by atoms with Crippen LogP contribution in [0.15, 0.2) is 54.9 Å². The highest BCUT2D eigenvalue weighted by molar-refractivity contribution is 5.92. The number of benzene rings is 2. The first-order valence-electron chi connectivity index (χ1n) is 9.86. The summed E-state index contributed by atoms with van der Waals surface area (Å²) in [4.78, 5) is 16.3. The number of carbonyl (C=O) groups is 1.